The van der Waals surface area contributed by atoms with E-state index < -0.39 is 5.82 Å². The molecule has 100 valence electrons. The Morgan fingerprint density at radius 2 is 2.05 bits per heavy atom. The number of Topliss-reactive ketones (excluding diaryl/α,β-unsaturated/α-hetero) is 1. The molecule has 0 atom stereocenters. The lowest BCUT2D eigenvalue weighted by Crippen LogP contribution is -2.01. The number of nitriles is 1. The van der Waals surface area contributed by atoms with Crippen LogP contribution in [0.5, 0.6) is 0 Å². The van der Waals surface area contributed by atoms with Crippen LogP contribution < -0.4 is 11.1 Å². The number of benzene rings is 2. The lowest BCUT2D eigenvalue weighted by Gasteiger charge is -2.10. The Bertz CT molecular complexity index is 720. The molecule has 0 fully saturated rings. The van der Waals surface area contributed by atoms with Crippen molar-refractivity contribution in [2.24, 2.45) is 0 Å². The van der Waals surface area contributed by atoms with Crippen molar-refractivity contribution < 1.29 is 9.18 Å². The fraction of sp³-hybridized carbons (Fsp3) is 0.0667. The topological polar surface area (TPSA) is 78.9 Å². The number of nitrogen functional groups attached to an aromatic ring is 1. The van der Waals surface area contributed by atoms with Crippen molar-refractivity contribution in [2.75, 3.05) is 11.1 Å². The minimum absolute atomic E-state index is 0.161. The predicted molar refractivity (Wildman–Crippen MR) is 75.3 cm³/mol. The fourth-order valence-corrected chi connectivity index (χ4v) is 1.78. The van der Waals surface area contributed by atoms with Crippen molar-refractivity contribution in [3.05, 3.63) is 53.3 Å². The highest BCUT2D eigenvalue weighted by Crippen LogP contribution is 2.24. The maximum absolute atomic E-state index is 13.8. The van der Waals surface area contributed by atoms with Gasteiger partial charge >= 0.3 is 0 Å². The molecule has 0 saturated carbocycles. The summed E-state index contributed by atoms with van der Waals surface area (Å²) in [5, 5.41) is 11.5. The first kappa shape index (κ1) is 13.6. The van der Waals surface area contributed by atoms with Gasteiger partial charge in [0.1, 0.15) is 5.82 Å². The average Bonchev–Trinajstić information content (AvgIpc) is 2.42. The molecule has 0 heterocycles. The minimum Gasteiger partial charge on any atom is -0.398 e. The maximum atomic E-state index is 13.8. The van der Waals surface area contributed by atoms with Crippen LogP contribution in [0, 0.1) is 17.1 Å². The van der Waals surface area contributed by atoms with Crippen LogP contribution in [-0.2, 0) is 0 Å². The number of hydrogen-bond donors (Lipinski definition) is 2. The van der Waals surface area contributed by atoms with E-state index in [2.05, 4.69) is 5.32 Å². The number of ketones is 1. The number of nitrogens with one attached hydrogen (secondary N) is 1. The molecule has 0 aliphatic carbocycles. The number of hydrogen-bond acceptors (Lipinski definition) is 4. The Labute approximate surface area is 115 Å². The van der Waals surface area contributed by atoms with Crippen LogP contribution in [0.3, 0.4) is 0 Å². The molecule has 0 aliphatic rings. The van der Waals surface area contributed by atoms with Crippen LogP contribution in [-0.4, -0.2) is 5.78 Å². The van der Waals surface area contributed by atoms with Crippen LogP contribution >= 0.6 is 0 Å². The van der Waals surface area contributed by atoms with Gasteiger partial charge in [-0.1, -0.05) is 0 Å². The highest BCUT2D eigenvalue weighted by Gasteiger charge is 2.08. The van der Waals surface area contributed by atoms with Gasteiger partial charge in [0.2, 0.25) is 0 Å². The van der Waals surface area contributed by atoms with Gasteiger partial charge in [-0.2, -0.15) is 5.26 Å². The van der Waals surface area contributed by atoms with Gasteiger partial charge in [0.05, 0.1) is 17.3 Å². The first-order valence-electron chi connectivity index (χ1n) is 5.88. The third-order valence-corrected chi connectivity index (χ3v) is 2.81. The third kappa shape index (κ3) is 2.75. The largest absolute Gasteiger partial charge is 0.398 e. The van der Waals surface area contributed by atoms with Gasteiger partial charge in [0.25, 0.3) is 0 Å². The van der Waals surface area contributed by atoms with Crippen molar-refractivity contribution in [1.29, 1.82) is 5.26 Å². The highest BCUT2D eigenvalue weighted by molar-refractivity contribution is 6.00. The molecule has 0 radical (unpaired) electrons. The molecule has 0 aromatic heterocycles. The second-order valence-corrected chi connectivity index (χ2v) is 4.29. The average molecular weight is 269 g/mol. The van der Waals surface area contributed by atoms with E-state index >= 15 is 0 Å². The van der Waals surface area contributed by atoms with E-state index in [0.717, 1.165) is 6.07 Å². The number of rotatable bonds is 3. The van der Waals surface area contributed by atoms with E-state index in [0.29, 0.717) is 16.9 Å². The van der Waals surface area contributed by atoms with E-state index in [1.54, 1.807) is 18.2 Å². The Hall–Kier alpha value is -2.87. The molecule has 20 heavy (non-hydrogen) atoms. The van der Waals surface area contributed by atoms with Crippen molar-refractivity contribution in [2.45, 2.75) is 6.92 Å². The van der Waals surface area contributed by atoms with E-state index in [9.17, 15) is 9.18 Å². The zero-order chi connectivity index (χ0) is 14.7. The molecule has 0 spiro atoms. The monoisotopic (exact) mass is 269 g/mol. The molecular weight excluding hydrogens is 257 g/mol. The third-order valence-electron chi connectivity index (χ3n) is 2.81. The minimum atomic E-state index is -0.537. The summed E-state index contributed by atoms with van der Waals surface area (Å²) in [6.45, 7) is 1.41. The molecule has 0 amide bonds. The lowest BCUT2D eigenvalue weighted by molar-refractivity contribution is 0.101. The summed E-state index contributed by atoms with van der Waals surface area (Å²) >= 11 is 0. The molecule has 2 aromatic rings. The van der Waals surface area contributed by atoms with E-state index in [4.69, 9.17) is 11.0 Å². The van der Waals surface area contributed by atoms with Crippen molar-refractivity contribution in [3.8, 4) is 6.07 Å². The summed E-state index contributed by atoms with van der Waals surface area (Å²) in [5.41, 5.74) is 7.47. The summed E-state index contributed by atoms with van der Waals surface area (Å²) in [7, 11) is 0. The van der Waals surface area contributed by atoms with E-state index in [1.165, 1.54) is 19.1 Å². The highest BCUT2D eigenvalue weighted by atomic mass is 19.1. The number of anilines is 3. The maximum Gasteiger partial charge on any atom is 0.161 e. The van der Waals surface area contributed by atoms with Gasteiger partial charge in [-0.3, -0.25) is 4.79 Å². The van der Waals surface area contributed by atoms with Crippen molar-refractivity contribution in [1.82, 2.24) is 0 Å². The van der Waals surface area contributed by atoms with E-state index in [-0.39, 0.29) is 17.0 Å². The van der Waals surface area contributed by atoms with Gasteiger partial charge in [-0.15, -0.1) is 0 Å². The molecule has 0 bridgehead atoms. The molecule has 2 aromatic carbocycles. The SMILES string of the molecule is CC(=O)c1cc(Nc2ccc(C#N)cc2F)ccc1N. The van der Waals surface area contributed by atoms with E-state index in [1.807, 2.05) is 6.07 Å². The number of carbonyl (C=O) groups is 1. The van der Waals surface area contributed by atoms with Gasteiger partial charge < -0.3 is 11.1 Å². The first-order chi connectivity index (χ1) is 9.51. The smallest absolute Gasteiger partial charge is 0.161 e. The second-order valence-electron chi connectivity index (χ2n) is 4.29. The molecule has 4 nitrogen and oxygen atoms in total. The summed E-state index contributed by atoms with van der Waals surface area (Å²) in [6.07, 6.45) is 0. The predicted octanol–water partition coefficient (Wildman–Crippen LogP) is 3.23. The normalized spacial score (nSPS) is 9.85. The summed E-state index contributed by atoms with van der Waals surface area (Å²) < 4.78 is 13.8. The molecule has 3 N–H and O–H groups in total. The zero-order valence-corrected chi connectivity index (χ0v) is 10.8. The Morgan fingerprint density at radius 1 is 1.30 bits per heavy atom. The van der Waals surface area contributed by atoms with Crippen molar-refractivity contribution >= 4 is 22.8 Å². The van der Waals surface area contributed by atoms with Gasteiger partial charge in [0.15, 0.2) is 5.78 Å². The van der Waals surface area contributed by atoms with Crippen molar-refractivity contribution in [3.63, 3.8) is 0 Å². The van der Waals surface area contributed by atoms with Crippen LogP contribution in [0.4, 0.5) is 21.5 Å². The molecule has 0 unspecified atom stereocenters. The van der Waals surface area contributed by atoms with Crippen LogP contribution in [0.25, 0.3) is 0 Å². The molecule has 2 rings (SSSR count). The summed E-state index contributed by atoms with van der Waals surface area (Å²) in [4.78, 5) is 11.4. The number of carbonyl (C=O) groups excluding carboxylic acids is 1. The number of nitrogens with zero attached hydrogens (tertiary/aromatic N) is 1. The summed E-state index contributed by atoms with van der Waals surface area (Å²) in [6, 6.07) is 10.8. The molecule has 5 heteroatoms. The standard InChI is InChI=1S/C15H12FN3O/c1-9(20)12-7-11(3-4-14(12)18)19-15-5-2-10(8-17)6-13(15)16/h2-7,19H,18H2,1H3. The number of halogens is 1. The first-order valence-corrected chi connectivity index (χ1v) is 5.88. The van der Waals surface area contributed by atoms with Gasteiger partial charge in [-0.25, -0.2) is 4.39 Å². The van der Waals surface area contributed by atoms with Crippen LogP contribution in [0.2, 0.25) is 0 Å². The molecule has 0 aliphatic heterocycles. The quantitative estimate of drug-likeness (QED) is 0.662. The fourth-order valence-electron chi connectivity index (χ4n) is 1.78. The zero-order valence-electron chi connectivity index (χ0n) is 10.8. The number of nitrogens with two attached hydrogens (primary N) is 1. The van der Waals surface area contributed by atoms with Gasteiger partial charge in [0, 0.05) is 16.9 Å². The summed E-state index contributed by atoms with van der Waals surface area (Å²) in [5.74, 6) is -0.697. The van der Waals surface area contributed by atoms with Crippen LogP contribution in [0.15, 0.2) is 36.4 Å². The Balaban J connectivity index is 2.33. The molecule has 0 saturated heterocycles. The molecular formula is C15H12FN3O. The Kier molecular flexibility index (Phi) is 3.67. The van der Waals surface area contributed by atoms with Gasteiger partial charge in [-0.05, 0) is 43.3 Å². The lowest BCUT2D eigenvalue weighted by atomic mass is 10.1. The Morgan fingerprint density at radius 3 is 2.65 bits per heavy atom. The van der Waals surface area contributed by atoms with Crippen LogP contribution in [0.1, 0.15) is 22.8 Å². The second kappa shape index (κ2) is 5.41.